The maximum atomic E-state index is 13.4. The summed E-state index contributed by atoms with van der Waals surface area (Å²) < 4.78 is 53.3. The van der Waals surface area contributed by atoms with E-state index in [1.165, 1.54) is 0 Å². The smallest absolute Gasteiger partial charge is 0.410 e. The third kappa shape index (κ3) is 7.44. The van der Waals surface area contributed by atoms with Gasteiger partial charge in [0.05, 0.1) is 29.5 Å². The molecule has 0 radical (unpaired) electrons. The molecule has 0 aliphatic carbocycles. The van der Waals surface area contributed by atoms with Gasteiger partial charge in [-0.15, -0.1) is 0 Å². The zero-order chi connectivity index (χ0) is 28.1. The maximum absolute atomic E-state index is 13.4. The number of hydrogen-bond donors (Lipinski definition) is 1. The molecule has 0 aromatic rings. The zero-order valence-corrected chi connectivity index (χ0v) is 26.5. The van der Waals surface area contributed by atoms with Gasteiger partial charge in [-0.05, 0) is 79.9 Å². The second-order valence-electron chi connectivity index (χ2n) is 14.0. The van der Waals surface area contributed by atoms with Crippen LogP contribution in [-0.2, 0) is 28.7 Å². The Morgan fingerprint density at radius 2 is 1.64 bits per heavy atom. The average molecular weight is 551 g/mol. The van der Waals surface area contributed by atoms with Crippen LogP contribution < -0.4 is 4.72 Å². The molecular weight excluding hydrogens is 500 g/mol. The minimum Gasteiger partial charge on any atom is -0.444 e. The van der Waals surface area contributed by atoms with Crippen molar-refractivity contribution in [3.05, 3.63) is 0 Å². The standard InChI is InChI=1S/C25H50N2O7SSi/c1-22(2,3)33-21(28)27-15-14-17(34-36(12,13)24(7,8)9)20(27)19(18-16-31-25(10,11)32-18)26-35(29,30)23(4,5)6/h17-20,26H,14-16H2,1-13H3/t17-,18-,19-,20+/m0/s1. The Morgan fingerprint density at radius 1 is 1.08 bits per heavy atom. The summed E-state index contributed by atoms with van der Waals surface area (Å²) in [6, 6.07) is -1.42. The normalized spacial score (nSPS) is 26.8. The molecule has 2 heterocycles. The fraction of sp³-hybridized carbons (Fsp3) is 0.960. The second-order valence-corrected chi connectivity index (χ2v) is 21.2. The van der Waals surface area contributed by atoms with Crippen molar-refractivity contribution < 1.29 is 31.8 Å². The summed E-state index contributed by atoms with van der Waals surface area (Å²) >= 11 is 0. The highest BCUT2D eigenvalue weighted by molar-refractivity contribution is 7.90. The lowest BCUT2D eigenvalue weighted by molar-refractivity contribution is -0.143. The van der Waals surface area contributed by atoms with Crippen LogP contribution in [0.4, 0.5) is 4.79 Å². The Balaban J connectivity index is 2.58. The molecule has 0 aromatic carbocycles. The Morgan fingerprint density at radius 3 is 2.06 bits per heavy atom. The van der Waals surface area contributed by atoms with Gasteiger partial charge < -0.3 is 23.5 Å². The Kier molecular flexibility index (Phi) is 8.84. The Bertz CT molecular complexity index is 901. The molecule has 2 aliphatic heterocycles. The van der Waals surface area contributed by atoms with E-state index in [1.54, 1.807) is 39.5 Å². The van der Waals surface area contributed by atoms with Gasteiger partial charge in [0.1, 0.15) is 11.7 Å². The lowest BCUT2D eigenvalue weighted by Gasteiger charge is -2.43. The van der Waals surface area contributed by atoms with Crippen LogP contribution in [0.15, 0.2) is 0 Å². The molecule has 1 amide bonds. The Hall–Kier alpha value is -0.723. The predicted molar refractivity (Wildman–Crippen MR) is 144 cm³/mol. The highest BCUT2D eigenvalue weighted by Crippen LogP contribution is 2.41. The first kappa shape index (κ1) is 31.5. The SMILES string of the molecule is CC(C)(C)OC(=O)N1CC[C@H](O[Si](C)(C)C(C)(C)C)[C@@H]1[C@@H](NS(=O)(=O)C(C)(C)C)[C@@H]1COC(C)(C)O1. The van der Waals surface area contributed by atoms with Crippen molar-refractivity contribution in [2.24, 2.45) is 0 Å². The second kappa shape index (κ2) is 10.1. The van der Waals surface area contributed by atoms with E-state index in [4.69, 9.17) is 18.6 Å². The molecule has 4 atom stereocenters. The zero-order valence-electron chi connectivity index (χ0n) is 24.6. The van der Waals surface area contributed by atoms with Crippen LogP contribution >= 0.6 is 0 Å². The largest absolute Gasteiger partial charge is 0.444 e. The molecule has 11 heteroatoms. The molecule has 2 saturated heterocycles. The number of rotatable bonds is 6. The lowest BCUT2D eigenvalue weighted by Crippen LogP contribution is -2.63. The van der Waals surface area contributed by atoms with Crippen LogP contribution in [0.25, 0.3) is 0 Å². The van der Waals surface area contributed by atoms with Crippen LogP contribution in [0, 0.1) is 0 Å². The summed E-state index contributed by atoms with van der Waals surface area (Å²) in [5, 5.41) is -0.0632. The summed E-state index contributed by atoms with van der Waals surface area (Å²) in [6.45, 7) is 25.4. The van der Waals surface area contributed by atoms with Crippen LogP contribution in [0.3, 0.4) is 0 Å². The van der Waals surface area contributed by atoms with Crippen molar-refractivity contribution >= 4 is 24.4 Å². The van der Waals surface area contributed by atoms with Crippen molar-refractivity contribution in [1.82, 2.24) is 9.62 Å². The number of carbonyl (C=O) groups is 1. The summed E-state index contributed by atoms with van der Waals surface area (Å²) in [7, 11) is -6.06. The molecule has 2 rings (SSSR count). The van der Waals surface area contributed by atoms with E-state index in [1.807, 2.05) is 20.8 Å². The first-order chi connectivity index (χ1) is 15.9. The Labute approximate surface area is 220 Å². The molecule has 0 spiro atoms. The molecule has 2 aliphatic rings. The fourth-order valence-corrected chi connectivity index (χ4v) is 6.41. The highest BCUT2D eigenvalue weighted by atomic mass is 32.2. The number of hydrogen-bond acceptors (Lipinski definition) is 7. The van der Waals surface area contributed by atoms with Crippen LogP contribution in [-0.4, -0.2) is 81.3 Å². The maximum Gasteiger partial charge on any atom is 0.410 e. The average Bonchev–Trinajstić information content (AvgIpc) is 3.19. The summed E-state index contributed by atoms with van der Waals surface area (Å²) in [5.41, 5.74) is -0.699. The van der Waals surface area contributed by atoms with E-state index in [0.717, 1.165) is 0 Å². The highest BCUT2D eigenvalue weighted by Gasteiger charge is 2.53. The van der Waals surface area contributed by atoms with E-state index >= 15 is 0 Å². The minimum atomic E-state index is -3.80. The fourth-order valence-electron chi connectivity index (χ4n) is 4.04. The number of carbonyl (C=O) groups excluding carboxylic acids is 1. The molecule has 0 bridgehead atoms. The van der Waals surface area contributed by atoms with Gasteiger partial charge >= 0.3 is 6.09 Å². The first-order valence-corrected chi connectivity index (χ1v) is 17.3. The lowest BCUT2D eigenvalue weighted by atomic mass is 9.99. The molecule has 36 heavy (non-hydrogen) atoms. The van der Waals surface area contributed by atoms with Crippen molar-refractivity contribution in [3.8, 4) is 0 Å². The monoisotopic (exact) mass is 550 g/mol. The first-order valence-electron chi connectivity index (χ1n) is 12.9. The third-order valence-electron chi connectivity index (χ3n) is 7.17. The van der Waals surface area contributed by atoms with Crippen molar-refractivity contribution in [2.75, 3.05) is 13.2 Å². The van der Waals surface area contributed by atoms with Gasteiger partial charge in [-0.2, -0.15) is 0 Å². The molecule has 2 fully saturated rings. The molecule has 0 saturated carbocycles. The molecule has 212 valence electrons. The van der Waals surface area contributed by atoms with E-state index < -0.39 is 64.9 Å². The van der Waals surface area contributed by atoms with E-state index in [0.29, 0.717) is 13.0 Å². The van der Waals surface area contributed by atoms with Crippen LogP contribution in [0.2, 0.25) is 18.1 Å². The molecule has 9 nitrogen and oxygen atoms in total. The van der Waals surface area contributed by atoms with Gasteiger partial charge in [-0.3, -0.25) is 0 Å². The van der Waals surface area contributed by atoms with E-state index in [-0.39, 0.29) is 11.6 Å². The molecule has 0 aromatic heterocycles. The van der Waals surface area contributed by atoms with Crippen molar-refractivity contribution in [2.45, 2.75) is 141 Å². The number of nitrogens with one attached hydrogen (secondary N) is 1. The van der Waals surface area contributed by atoms with Gasteiger partial charge in [0.25, 0.3) is 0 Å². The molecule has 0 unspecified atom stereocenters. The van der Waals surface area contributed by atoms with Gasteiger partial charge in [-0.25, -0.2) is 17.9 Å². The minimum absolute atomic E-state index is 0.0632. The quantitative estimate of drug-likeness (QED) is 0.481. The number of nitrogens with zero attached hydrogens (tertiary/aromatic N) is 1. The molecular formula is C25H50N2O7SSi. The van der Waals surface area contributed by atoms with E-state index in [2.05, 4.69) is 38.6 Å². The number of sulfonamides is 1. The van der Waals surface area contributed by atoms with Crippen molar-refractivity contribution in [3.63, 3.8) is 0 Å². The number of ether oxygens (including phenoxy) is 3. The van der Waals surface area contributed by atoms with Crippen LogP contribution in [0.1, 0.15) is 82.6 Å². The topological polar surface area (TPSA) is 103 Å². The summed E-state index contributed by atoms with van der Waals surface area (Å²) in [5.74, 6) is -0.874. The van der Waals surface area contributed by atoms with Gasteiger partial charge in [0.15, 0.2) is 14.1 Å². The van der Waals surface area contributed by atoms with Crippen molar-refractivity contribution in [1.29, 1.82) is 0 Å². The number of likely N-dealkylation sites (tertiary alicyclic amines) is 1. The third-order valence-corrected chi connectivity index (χ3v) is 13.9. The van der Waals surface area contributed by atoms with Gasteiger partial charge in [0.2, 0.25) is 10.0 Å². The summed E-state index contributed by atoms with van der Waals surface area (Å²) in [6.07, 6.45) is -0.928. The van der Waals surface area contributed by atoms with Gasteiger partial charge in [-0.1, -0.05) is 20.8 Å². The van der Waals surface area contributed by atoms with E-state index in [9.17, 15) is 13.2 Å². The molecule has 1 N–H and O–H groups in total. The van der Waals surface area contributed by atoms with Gasteiger partial charge in [0, 0.05) is 6.54 Å². The predicted octanol–water partition coefficient (Wildman–Crippen LogP) is 4.62. The number of amides is 1. The van der Waals surface area contributed by atoms with Crippen LogP contribution in [0.5, 0.6) is 0 Å². The summed E-state index contributed by atoms with van der Waals surface area (Å²) in [4.78, 5) is 15.0.